The van der Waals surface area contributed by atoms with Crippen molar-refractivity contribution in [1.29, 1.82) is 5.26 Å². The van der Waals surface area contributed by atoms with Gasteiger partial charge >= 0.3 is 0 Å². The Labute approximate surface area is 222 Å². The largest absolute Gasteiger partial charge is 0.364 e. The first-order valence-corrected chi connectivity index (χ1v) is 13.1. The summed E-state index contributed by atoms with van der Waals surface area (Å²) in [7, 11) is 4.94. The van der Waals surface area contributed by atoms with Crippen LogP contribution in [0, 0.1) is 17.1 Å². The van der Waals surface area contributed by atoms with E-state index in [9.17, 15) is 14.0 Å². The van der Waals surface area contributed by atoms with Crippen LogP contribution in [-0.4, -0.2) is 69.3 Å². The van der Waals surface area contributed by atoms with Gasteiger partial charge in [0.15, 0.2) is 0 Å². The number of nitrogens with zero attached hydrogens (tertiary/aromatic N) is 7. The third-order valence-electron chi connectivity index (χ3n) is 7.77. The van der Waals surface area contributed by atoms with Crippen LogP contribution in [0.15, 0.2) is 35.3 Å². The standard InChI is InChI=1S/C28H36FN7O2/c1-7-20-16-36(24-14-26(37)33(6)25-17-34(12-11-30)31-27(24)25)21(8-2)15-35(20)18(3)19-9-10-22(23(29)13-19)28(38)32(4)5/h9-10,13-14,17-18,20-21H,7-8,12,15-16H2,1-6H3/t18-,20+,21-/m0/s1. The molecular formula is C28H36FN7O2. The second kappa shape index (κ2) is 11.0. The number of aromatic nitrogens is 3. The molecule has 3 aromatic rings. The quantitative estimate of drug-likeness (QED) is 0.473. The summed E-state index contributed by atoms with van der Waals surface area (Å²) in [5, 5.41) is 13.8. The van der Waals surface area contributed by atoms with Crippen molar-refractivity contribution in [3.8, 4) is 6.07 Å². The van der Waals surface area contributed by atoms with Crippen molar-refractivity contribution in [2.75, 3.05) is 32.1 Å². The Morgan fingerprint density at radius 2 is 1.92 bits per heavy atom. The van der Waals surface area contributed by atoms with Crippen LogP contribution in [0.5, 0.6) is 0 Å². The molecule has 1 fully saturated rings. The smallest absolute Gasteiger partial charge is 0.256 e. The molecule has 38 heavy (non-hydrogen) atoms. The highest BCUT2D eigenvalue weighted by Crippen LogP contribution is 2.34. The second-order valence-electron chi connectivity index (χ2n) is 10.2. The number of benzene rings is 1. The highest BCUT2D eigenvalue weighted by Gasteiger charge is 2.36. The third-order valence-corrected chi connectivity index (χ3v) is 7.77. The van der Waals surface area contributed by atoms with E-state index >= 15 is 0 Å². The number of halogens is 1. The number of rotatable bonds is 7. The number of carbonyl (C=O) groups excluding carboxylic acids is 1. The summed E-state index contributed by atoms with van der Waals surface area (Å²) in [5.74, 6) is -0.868. The normalized spacial score (nSPS) is 18.9. The van der Waals surface area contributed by atoms with Gasteiger partial charge in [0.05, 0.1) is 29.0 Å². The minimum absolute atomic E-state index is 0.0624. The van der Waals surface area contributed by atoms with Gasteiger partial charge in [0, 0.05) is 58.4 Å². The SMILES string of the molecule is CC[C@H]1CN([C@@H](C)c2ccc(C(=O)N(C)C)c(F)c2)[C@H](CC)CN1c1cc(=O)n(C)c2cn(CC#N)nc12. The molecule has 10 heteroatoms. The fourth-order valence-electron chi connectivity index (χ4n) is 5.46. The lowest BCUT2D eigenvalue weighted by molar-refractivity contribution is 0.0822. The zero-order valence-electron chi connectivity index (χ0n) is 23.0. The molecule has 0 bridgehead atoms. The van der Waals surface area contributed by atoms with Crippen LogP contribution in [0.4, 0.5) is 10.1 Å². The highest BCUT2D eigenvalue weighted by atomic mass is 19.1. The molecule has 0 saturated carbocycles. The van der Waals surface area contributed by atoms with E-state index in [2.05, 4.69) is 41.7 Å². The average Bonchev–Trinajstić information content (AvgIpc) is 3.33. The maximum absolute atomic E-state index is 14.9. The summed E-state index contributed by atoms with van der Waals surface area (Å²) in [6, 6.07) is 8.86. The monoisotopic (exact) mass is 521 g/mol. The summed E-state index contributed by atoms with van der Waals surface area (Å²) < 4.78 is 18.1. The zero-order chi connectivity index (χ0) is 27.7. The van der Waals surface area contributed by atoms with Crippen LogP contribution in [0.25, 0.3) is 11.0 Å². The van der Waals surface area contributed by atoms with E-state index in [1.54, 1.807) is 48.7 Å². The first-order valence-electron chi connectivity index (χ1n) is 13.1. The Morgan fingerprint density at radius 1 is 1.21 bits per heavy atom. The molecule has 1 aliphatic rings. The zero-order valence-corrected chi connectivity index (χ0v) is 23.0. The fraction of sp³-hybridized carbons (Fsp3) is 0.500. The molecule has 0 aliphatic carbocycles. The lowest BCUT2D eigenvalue weighted by Gasteiger charge is -2.49. The number of aryl methyl sites for hydroxylation is 1. The van der Waals surface area contributed by atoms with E-state index in [0.717, 1.165) is 30.6 Å². The second-order valence-corrected chi connectivity index (χ2v) is 10.2. The van der Waals surface area contributed by atoms with Gasteiger partial charge in [0.25, 0.3) is 11.5 Å². The molecule has 202 valence electrons. The molecule has 9 nitrogen and oxygen atoms in total. The van der Waals surface area contributed by atoms with Crippen LogP contribution in [0.2, 0.25) is 0 Å². The predicted octanol–water partition coefficient (Wildman–Crippen LogP) is 3.54. The molecule has 1 saturated heterocycles. The van der Waals surface area contributed by atoms with E-state index in [0.29, 0.717) is 17.6 Å². The molecule has 1 amide bonds. The number of nitriles is 1. The van der Waals surface area contributed by atoms with E-state index in [4.69, 9.17) is 5.26 Å². The molecule has 1 aliphatic heterocycles. The number of hydrogen-bond donors (Lipinski definition) is 0. The Bertz CT molecular complexity index is 1440. The van der Waals surface area contributed by atoms with Crippen LogP contribution in [-0.2, 0) is 13.6 Å². The molecule has 3 atom stereocenters. The first-order chi connectivity index (χ1) is 18.1. The Kier molecular flexibility index (Phi) is 7.88. The predicted molar refractivity (Wildman–Crippen MR) is 146 cm³/mol. The molecule has 0 N–H and O–H groups in total. The van der Waals surface area contributed by atoms with Crippen LogP contribution in [0.1, 0.15) is 55.6 Å². The van der Waals surface area contributed by atoms with Gasteiger partial charge < -0.3 is 14.4 Å². The minimum atomic E-state index is -0.512. The Morgan fingerprint density at radius 3 is 2.53 bits per heavy atom. The van der Waals surface area contributed by atoms with Crippen molar-refractivity contribution in [2.45, 2.75) is 58.3 Å². The lowest BCUT2D eigenvalue weighted by atomic mass is 9.96. The Hall–Kier alpha value is -3.71. The number of piperazine rings is 1. The van der Waals surface area contributed by atoms with Gasteiger partial charge in [0.2, 0.25) is 0 Å². The summed E-state index contributed by atoms with van der Waals surface area (Å²) in [6.07, 6.45) is 3.47. The molecule has 1 aromatic carbocycles. The van der Waals surface area contributed by atoms with Crippen molar-refractivity contribution in [2.24, 2.45) is 7.05 Å². The van der Waals surface area contributed by atoms with Gasteiger partial charge in [-0.2, -0.15) is 10.4 Å². The molecule has 0 spiro atoms. The fourth-order valence-corrected chi connectivity index (χ4v) is 5.46. The maximum Gasteiger partial charge on any atom is 0.256 e. The van der Waals surface area contributed by atoms with Crippen molar-refractivity contribution < 1.29 is 9.18 Å². The van der Waals surface area contributed by atoms with E-state index < -0.39 is 5.82 Å². The van der Waals surface area contributed by atoms with Gasteiger partial charge in [-0.3, -0.25) is 19.2 Å². The molecule has 0 radical (unpaired) electrons. The van der Waals surface area contributed by atoms with Gasteiger partial charge in [-0.25, -0.2) is 4.39 Å². The number of anilines is 1. The molecule has 3 heterocycles. The number of pyridine rings is 1. The molecule has 2 aromatic heterocycles. The van der Waals surface area contributed by atoms with Gasteiger partial charge in [-0.1, -0.05) is 19.9 Å². The average molecular weight is 522 g/mol. The minimum Gasteiger partial charge on any atom is -0.364 e. The number of carbonyl (C=O) groups is 1. The number of fused-ring (bicyclic) bond motifs is 1. The van der Waals surface area contributed by atoms with Crippen molar-refractivity contribution in [3.63, 3.8) is 0 Å². The van der Waals surface area contributed by atoms with Crippen LogP contribution >= 0.6 is 0 Å². The maximum atomic E-state index is 14.9. The van der Waals surface area contributed by atoms with Gasteiger partial charge in [-0.15, -0.1) is 0 Å². The van der Waals surface area contributed by atoms with E-state index in [1.807, 2.05) is 6.07 Å². The Balaban J connectivity index is 1.68. The van der Waals surface area contributed by atoms with Crippen LogP contribution < -0.4 is 10.5 Å². The summed E-state index contributed by atoms with van der Waals surface area (Å²) in [5.41, 5.74) is 2.97. The number of hydrogen-bond acceptors (Lipinski definition) is 6. The van der Waals surface area contributed by atoms with E-state index in [1.165, 1.54) is 11.0 Å². The third kappa shape index (κ3) is 4.90. The highest BCUT2D eigenvalue weighted by molar-refractivity contribution is 5.94. The molecule has 0 unspecified atom stereocenters. The topological polar surface area (TPSA) is 90.4 Å². The van der Waals surface area contributed by atoms with Gasteiger partial charge in [-0.05, 0) is 37.5 Å². The van der Waals surface area contributed by atoms with Gasteiger partial charge in [0.1, 0.15) is 17.9 Å². The van der Waals surface area contributed by atoms with Crippen molar-refractivity contribution >= 4 is 22.6 Å². The van der Waals surface area contributed by atoms with E-state index in [-0.39, 0.29) is 41.7 Å². The molecule has 4 rings (SSSR count). The first kappa shape index (κ1) is 27.3. The summed E-state index contributed by atoms with van der Waals surface area (Å²) >= 11 is 0. The van der Waals surface area contributed by atoms with Crippen molar-refractivity contribution in [1.82, 2.24) is 24.1 Å². The summed E-state index contributed by atoms with van der Waals surface area (Å²) in [6.45, 7) is 7.86. The van der Waals surface area contributed by atoms with Crippen LogP contribution in [0.3, 0.4) is 0 Å². The van der Waals surface area contributed by atoms with Crippen molar-refractivity contribution in [3.05, 3.63) is 57.8 Å². The lowest BCUT2D eigenvalue weighted by Crippen LogP contribution is -2.58. The molecular weight excluding hydrogens is 485 g/mol. The summed E-state index contributed by atoms with van der Waals surface area (Å²) in [4.78, 5) is 31.2. The number of amides is 1.